The SMILES string of the molecule is CC1Cc2nn3c(c2CN1C(=O)Nc1ccc(F)c(Br)c1F)C(=O)N(C)OC(CO)C3. The number of halogens is 3. The molecule has 4 rings (SSSR count). The average molecular weight is 500 g/mol. The number of rotatable bonds is 2. The molecule has 0 saturated carbocycles. The van der Waals surface area contributed by atoms with E-state index in [9.17, 15) is 23.5 Å². The van der Waals surface area contributed by atoms with Gasteiger partial charge in [-0.1, -0.05) is 0 Å². The minimum absolute atomic E-state index is 0.0744. The van der Waals surface area contributed by atoms with Gasteiger partial charge in [0.25, 0.3) is 5.91 Å². The van der Waals surface area contributed by atoms with Crippen molar-refractivity contribution in [1.29, 1.82) is 0 Å². The smallest absolute Gasteiger partial charge is 0.322 e. The largest absolute Gasteiger partial charge is 0.393 e. The summed E-state index contributed by atoms with van der Waals surface area (Å²) in [5.41, 5.74) is 1.38. The molecular weight excluding hydrogens is 480 g/mol. The highest BCUT2D eigenvalue weighted by Gasteiger charge is 2.37. The molecule has 2 aromatic rings. The lowest BCUT2D eigenvalue weighted by Gasteiger charge is -2.33. The summed E-state index contributed by atoms with van der Waals surface area (Å²) >= 11 is 2.82. The molecule has 0 bridgehead atoms. The molecule has 0 fully saturated rings. The van der Waals surface area contributed by atoms with E-state index in [4.69, 9.17) is 4.84 Å². The van der Waals surface area contributed by atoms with Crippen LogP contribution in [0.3, 0.4) is 0 Å². The number of nitrogens with one attached hydrogen (secondary N) is 1. The third-order valence-electron chi connectivity index (χ3n) is 5.40. The molecule has 166 valence electrons. The zero-order valence-corrected chi connectivity index (χ0v) is 18.3. The van der Waals surface area contributed by atoms with Crippen LogP contribution in [0.2, 0.25) is 0 Å². The van der Waals surface area contributed by atoms with Crippen LogP contribution in [0.4, 0.5) is 19.3 Å². The number of urea groups is 1. The Labute approximate surface area is 184 Å². The fraction of sp³-hybridized carbons (Fsp3) is 0.421. The van der Waals surface area contributed by atoms with Crippen LogP contribution in [-0.4, -0.2) is 62.6 Å². The number of nitrogens with zero attached hydrogens (tertiary/aromatic N) is 4. The number of hydrogen-bond acceptors (Lipinski definition) is 5. The molecule has 1 aromatic carbocycles. The molecule has 1 aromatic heterocycles. The Morgan fingerprint density at radius 3 is 2.87 bits per heavy atom. The first-order chi connectivity index (χ1) is 14.7. The first-order valence-corrected chi connectivity index (χ1v) is 10.4. The molecule has 0 radical (unpaired) electrons. The second kappa shape index (κ2) is 8.17. The summed E-state index contributed by atoms with van der Waals surface area (Å²) in [6.07, 6.45) is -0.242. The number of aliphatic hydroxyl groups excluding tert-OH is 1. The van der Waals surface area contributed by atoms with Gasteiger partial charge < -0.3 is 15.3 Å². The van der Waals surface area contributed by atoms with Crippen molar-refractivity contribution in [2.45, 2.75) is 38.6 Å². The molecule has 9 nitrogen and oxygen atoms in total. The van der Waals surface area contributed by atoms with Crippen LogP contribution in [-0.2, 0) is 24.3 Å². The summed E-state index contributed by atoms with van der Waals surface area (Å²) in [5, 5.41) is 17.5. The van der Waals surface area contributed by atoms with Crippen LogP contribution in [0.15, 0.2) is 16.6 Å². The van der Waals surface area contributed by atoms with E-state index < -0.39 is 29.7 Å². The maximum Gasteiger partial charge on any atom is 0.322 e. The molecule has 2 N–H and O–H groups in total. The van der Waals surface area contributed by atoms with Gasteiger partial charge in [0.15, 0.2) is 5.82 Å². The van der Waals surface area contributed by atoms with Crippen LogP contribution < -0.4 is 5.32 Å². The predicted molar refractivity (Wildman–Crippen MR) is 108 cm³/mol. The number of benzene rings is 1. The van der Waals surface area contributed by atoms with Gasteiger partial charge in [-0.05, 0) is 35.0 Å². The number of fused-ring (bicyclic) bond motifs is 3. The Kier molecular flexibility index (Phi) is 5.71. The number of carbonyl (C=O) groups excluding carboxylic acids is 2. The lowest BCUT2D eigenvalue weighted by molar-refractivity contribution is -0.159. The van der Waals surface area contributed by atoms with Crippen LogP contribution in [0, 0.1) is 11.6 Å². The fourth-order valence-electron chi connectivity index (χ4n) is 3.79. The van der Waals surface area contributed by atoms with Crippen molar-refractivity contribution >= 4 is 33.6 Å². The standard InChI is InChI=1S/C19H20BrF2N5O4/c1-9-5-14-11(17-18(29)25(2)31-10(8-28)6-27(17)24-14)7-26(9)19(30)23-13-4-3-12(21)15(20)16(13)22/h3-4,9-10,28H,5-8H2,1-2H3,(H,23,30). The maximum absolute atomic E-state index is 14.3. The van der Waals surface area contributed by atoms with Gasteiger partial charge in [-0.2, -0.15) is 5.10 Å². The van der Waals surface area contributed by atoms with E-state index in [1.165, 1.54) is 16.6 Å². The van der Waals surface area contributed by atoms with Crippen molar-refractivity contribution < 1.29 is 28.3 Å². The fourth-order valence-corrected chi connectivity index (χ4v) is 4.13. The second-order valence-corrected chi connectivity index (χ2v) is 8.30. The Morgan fingerprint density at radius 1 is 1.42 bits per heavy atom. The lowest BCUT2D eigenvalue weighted by atomic mass is 9.99. The lowest BCUT2D eigenvalue weighted by Crippen LogP contribution is -2.45. The summed E-state index contributed by atoms with van der Waals surface area (Å²) < 4.78 is 28.9. The molecule has 12 heteroatoms. The Balaban J connectivity index is 1.63. The quantitative estimate of drug-likeness (QED) is 0.617. The van der Waals surface area contributed by atoms with E-state index >= 15 is 0 Å². The third-order valence-corrected chi connectivity index (χ3v) is 6.12. The van der Waals surface area contributed by atoms with Gasteiger partial charge in [0.1, 0.15) is 17.6 Å². The molecule has 0 aliphatic carbocycles. The van der Waals surface area contributed by atoms with Crippen LogP contribution in [0.25, 0.3) is 0 Å². The molecule has 0 saturated heterocycles. The number of aromatic nitrogens is 2. The Morgan fingerprint density at radius 2 is 2.16 bits per heavy atom. The zero-order chi connectivity index (χ0) is 22.4. The summed E-state index contributed by atoms with van der Waals surface area (Å²) in [6, 6.07) is 1.32. The van der Waals surface area contributed by atoms with Crippen LogP contribution >= 0.6 is 15.9 Å². The van der Waals surface area contributed by atoms with E-state index in [0.29, 0.717) is 17.7 Å². The zero-order valence-electron chi connectivity index (χ0n) is 16.7. The first-order valence-electron chi connectivity index (χ1n) is 9.56. The van der Waals surface area contributed by atoms with Gasteiger partial charge in [0.2, 0.25) is 0 Å². The van der Waals surface area contributed by atoms with Crippen molar-refractivity contribution in [3.63, 3.8) is 0 Å². The van der Waals surface area contributed by atoms with Gasteiger partial charge in [-0.25, -0.2) is 18.6 Å². The average Bonchev–Trinajstić information content (AvgIpc) is 3.02. The van der Waals surface area contributed by atoms with Gasteiger partial charge in [0.05, 0.1) is 35.6 Å². The second-order valence-electron chi connectivity index (χ2n) is 7.50. The van der Waals surface area contributed by atoms with Crippen molar-refractivity contribution in [2.24, 2.45) is 0 Å². The molecule has 2 aliphatic heterocycles. The van der Waals surface area contributed by atoms with Crippen molar-refractivity contribution in [3.8, 4) is 0 Å². The Hall–Kier alpha value is -2.57. The minimum atomic E-state index is -0.915. The number of aliphatic hydroxyl groups is 1. The molecule has 3 amide bonds. The van der Waals surface area contributed by atoms with Gasteiger partial charge in [0, 0.05) is 25.1 Å². The van der Waals surface area contributed by atoms with Crippen LogP contribution in [0.1, 0.15) is 28.7 Å². The van der Waals surface area contributed by atoms with Crippen molar-refractivity contribution in [2.75, 3.05) is 19.0 Å². The molecule has 2 unspecified atom stereocenters. The molecular formula is C19H20BrF2N5O4. The van der Waals surface area contributed by atoms with E-state index in [2.05, 4.69) is 26.3 Å². The van der Waals surface area contributed by atoms with Gasteiger partial charge in [-0.15, -0.1) is 0 Å². The molecule has 2 aliphatic rings. The van der Waals surface area contributed by atoms with Gasteiger partial charge >= 0.3 is 6.03 Å². The number of amides is 3. The van der Waals surface area contributed by atoms with Crippen LogP contribution in [0.5, 0.6) is 0 Å². The first kappa shape index (κ1) is 21.7. The maximum atomic E-state index is 14.3. The number of hydrogen-bond donors (Lipinski definition) is 2. The predicted octanol–water partition coefficient (Wildman–Crippen LogP) is 2.28. The summed E-state index contributed by atoms with van der Waals surface area (Å²) in [7, 11) is 1.45. The normalized spacial score (nSPS) is 20.9. The summed E-state index contributed by atoms with van der Waals surface area (Å²) in [4.78, 5) is 32.6. The Bertz CT molecular complexity index is 1060. The summed E-state index contributed by atoms with van der Waals surface area (Å²) in [6.45, 7) is 1.79. The molecule has 2 atom stereocenters. The van der Waals surface area contributed by atoms with Gasteiger partial charge in [-0.3, -0.25) is 14.3 Å². The van der Waals surface area contributed by atoms with E-state index in [-0.39, 0.29) is 41.6 Å². The third kappa shape index (κ3) is 3.79. The van der Waals surface area contributed by atoms with E-state index in [0.717, 1.165) is 17.2 Å². The highest BCUT2D eigenvalue weighted by atomic mass is 79.9. The monoisotopic (exact) mass is 499 g/mol. The summed E-state index contributed by atoms with van der Waals surface area (Å²) in [5.74, 6) is -2.13. The number of anilines is 1. The highest BCUT2D eigenvalue weighted by molar-refractivity contribution is 9.10. The topological polar surface area (TPSA) is 99.9 Å². The molecule has 3 heterocycles. The van der Waals surface area contributed by atoms with Crippen molar-refractivity contribution in [3.05, 3.63) is 45.2 Å². The van der Waals surface area contributed by atoms with Crippen molar-refractivity contribution in [1.82, 2.24) is 19.7 Å². The molecule has 31 heavy (non-hydrogen) atoms. The number of hydroxylamine groups is 2. The molecule has 0 spiro atoms. The van der Waals surface area contributed by atoms with E-state index in [1.54, 1.807) is 0 Å². The number of carbonyl (C=O) groups is 2. The van der Waals surface area contributed by atoms with E-state index in [1.807, 2.05) is 6.92 Å². The minimum Gasteiger partial charge on any atom is -0.393 e. The highest BCUT2D eigenvalue weighted by Crippen LogP contribution is 2.30.